The number of aliphatic hydroxyl groups is 1. The van der Waals surface area contributed by atoms with E-state index in [9.17, 15) is 13.9 Å². The van der Waals surface area contributed by atoms with Crippen LogP contribution in [0.4, 0.5) is 8.78 Å². The summed E-state index contributed by atoms with van der Waals surface area (Å²) in [5.74, 6) is 0.671. The Balaban J connectivity index is 2.43. The molecule has 0 amide bonds. The molecule has 0 aliphatic rings. The van der Waals surface area contributed by atoms with Crippen molar-refractivity contribution in [1.29, 1.82) is 0 Å². The smallest absolute Gasteiger partial charge is 0.261 e. The summed E-state index contributed by atoms with van der Waals surface area (Å²) in [4.78, 5) is 0. The Labute approximate surface area is 92.6 Å². The van der Waals surface area contributed by atoms with E-state index in [-0.39, 0.29) is 6.61 Å². The van der Waals surface area contributed by atoms with Gasteiger partial charge in [-0.15, -0.1) is 0 Å². The van der Waals surface area contributed by atoms with Gasteiger partial charge >= 0.3 is 0 Å². The molecule has 16 heavy (non-hydrogen) atoms. The van der Waals surface area contributed by atoms with E-state index in [1.807, 2.05) is 0 Å². The van der Waals surface area contributed by atoms with Gasteiger partial charge in [-0.1, -0.05) is 12.1 Å². The van der Waals surface area contributed by atoms with E-state index in [2.05, 4.69) is 4.74 Å². The minimum absolute atomic E-state index is 0.142. The Kier molecular flexibility index (Phi) is 5.14. The lowest BCUT2D eigenvalue weighted by molar-refractivity contribution is -0.0204. The van der Waals surface area contributed by atoms with Crippen molar-refractivity contribution in [3.05, 3.63) is 29.8 Å². The van der Waals surface area contributed by atoms with Gasteiger partial charge in [0.05, 0.1) is 13.7 Å². The number of hydrogen-bond acceptors (Lipinski definition) is 3. The monoisotopic (exact) mass is 232 g/mol. The van der Waals surface area contributed by atoms with Gasteiger partial charge in [0.15, 0.2) is 0 Å². The first-order valence-electron chi connectivity index (χ1n) is 4.81. The minimum Gasteiger partial charge on any atom is -0.497 e. The molecule has 0 saturated heterocycles. The predicted molar refractivity (Wildman–Crippen MR) is 54.8 cm³/mol. The van der Waals surface area contributed by atoms with E-state index in [0.29, 0.717) is 11.3 Å². The molecule has 0 radical (unpaired) electrons. The van der Waals surface area contributed by atoms with Gasteiger partial charge < -0.3 is 14.6 Å². The van der Waals surface area contributed by atoms with Crippen LogP contribution in [-0.4, -0.2) is 31.9 Å². The van der Waals surface area contributed by atoms with Crippen molar-refractivity contribution < 1.29 is 23.4 Å². The fourth-order valence-corrected chi connectivity index (χ4v) is 1.19. The lowest BCUT2D eigenvalue weighted by Crippen LogP contribution is -2.11. The molecule has 1 N–H and O–H groups in total. The normalized spacial score (nSPS) is 12.8. The van der Waals surface area contributed by atoms with Crippen LogP contribution in [-0.2, 0) is 4.74 Å². The lowest BCUT2D eigenvalue weighted by atomic mass is 10.1. The number of hydrogen-bond donors (Lipinski definition) is 1. The zero-order chi connectivity index (χ0) is 12.0. The molecule has 90 valence electrons. The largest absolute Gasteiger partial charge is 0.497 e. The zero-order valence-corrected chi connectivity index (χ0v) is 8.90. The predicted octanol–water partition coefficient (Wildman–Crippen LogP) is 2.01. The second-order valence-corrected chi connectivity index (χ2v) is 3.22. The standard InChI is InChI=1S/C11H14F2O3/c1-15-9-4-2-8(3-5-9)10(14)6-16-7-11(12)13/h2-5,10-11,14H,6-7H2,1H3. The molecule has 1 aromatic carbocycles. The number of ether oxygens (including phenoxy) is 2. The van der Waals surface area contributed by atoms with Gasteiger partial charge in [0.2, 0.25) is 0 Å². The third kappa shape index (κ3) is 4.12. The number of benzene rings is 1. The van der Waals surface area contributed by atoms with E-state index in [4.69, 9.17) is 4.74 Å². The highest BCUT2D eigenvalue weighted by molar-refractivity contribution is 5.28. The molecule has 0 fully saturated rings. The molecule has 1 unspecified atom stereocenters. The molecular weight excluding hydrogens is 218 g/mol. The molecule has 0 heterocycles. The summed E-state index contributed by atoms with van der Waals surface area (Å²) in [7, 11) is 1.54. The van der Waals surface area contributed by atoms with Gasteiger partial charge in [0, 0.05) is 0 Å². The number of methoxy groups -OCH3 is 1. The molecule has 0 spiro atoms. The maximum Gasteiger partial charge on any atom is 0.261 e. The Morgan fingerprint density at radius 3 is 2.31 bits per heavy atom. The van der Waals surface area contributed by atoms with Crippen molar-refractivity contribution in [2.75, 3.05) is 20.3 Å². The number of halogens is 2. The molecule has 5 heteroatoms. The average molecular weight is 232 g/mol. The van der Waals surface area contributed by atoms with Gasteiger partial charge in [0.25, 0.3) is 6.43 Å². The van der Waals surface area contributed by atoms with E-state index in [1.165, 1.54) is 7.11 Å². The molecule has 3 nitrogen and oxygen atoms in total. The van der Waals surface area contributed by atoms with Crippen molar-refractivity contribution >= 4 is 0 Å². The average Bonchev–Trinajstić information content (AvgIpc) is 2.28. The van der Waals surface area contributed by atoms with E-state index >= 15 is 0 Å². The Morgan fingerprint density at radius 1 is 1.19 bits per heavy atom. The molecule has 0 aliphatic carbocycles. The van der Waals surface area contributed by atoms with E-state index in [0.717, 1.165) is 0 Å². The van der Waals surface area contributed by atoms with Crippen LogP contribution < -0.4 is 4.74 Å². The summed E-state index contributed by atoms with van der Waals surface area (Å²) in [6.45, 7) is -0.802. The van der Waals surface area contributed by atoms with Gasteiger partial charge in [-0.05, 0) is 17.7 Å². The first-order valence-corrected chi connectivity index (χ1v) is 4.81. The van der Waals surface area contributed by atoms with Crippen LogP contribution in [0.3, 0.4) is 0 Å². The first kappa shape index (κ1) is 12.9. The highest BCUT2D eigenvalue weighted by Gasteiger charge is 2.09. The van der Waals surface area contributed by atoms with Crippen LogP contribution in [0.25, 0.3) is 0 Å². The molecule has 0 aromatic heterocycles. The molecule has 0 saturated carbocycles. The third-order valence-corrected chi connectivity index (χ3v) is 2.02. The molecular formula is C11H14F2O3. The second-order valence-electron chi connectivity index (χ2n) is 3.22. The first-order chi connectivity index (χ1) is 7.63. The maximum atomic E-state index is 11.8. The van der Waals surface area contributed by atoms with Crippen LogP contribution in [0.15, 0.2) is 24.3 Å². The molecule has 0 bridgehead atoms. The number of rotatable bonds is 6. The van der Waals surface area contributed by atoms with Gasteiger partial charge in [0.1, 0.15) is 18.5 Å². The third-order valence-electron chi connectivity index (χ3n) is 2.02. The summed E-state index contributed by atoms with van der Waals surface area (Å²) in [6.07, 6.45) is -3.41. The highest BCUT2D eigenvalue weighted by atomic mass is 19.3. The van der Waals surface area contributed by atoms with Gasteiger partial charge in [-0.25, -0.2) is 8.78 Å². The van der Waals surface area contributed by atoms with Crippen LogP contribution in [0, 0.1) is 0 Å². The summed E-state index contributed by atoms with van der Waals surface area (Å²) in [5.41, 5.74) is 0.607. The van der Waals surface area contributed by atoms with Gasteiger partial charge in [-0.3, -0.25) is 0 Å². The summed E-state index contributed by atoms with van der Waals surface area (Å²) in [6, 6.07) is 6.70. The van der Waals surface area contributed by atoms with E-state index in [1.54, 1.807) is 24.3 Å². The van der Waals surface area contributed by atoms with Crippen molar-refractivity contribution in [2.24, 2.45) is 0 Å². The van der Waals surface area contributed by atoms with Crippen LogP contribution in [0.2, 0.25) is 0 Å². The topological polar surface area (TPSA) is 38.7 Å². The van der Waals surface area contributed by atoms with Crippen LogP contribution >= 0.6 is 0 Å². The quantitative estimate of drug-likeness (QED) is 0.815. The van der Waals surface area contributed by atoms with E-state index < -0.39 is 19.1 Å². The number of aliphatic hydroxyl groups excluding tert-OH is 1. The van der Waals surface area contributed by atoms with Crippen molar-refractivity contribution in [2.45, 2.75) is 12.5 Å². The summed E-state index contributed by atoms with van der Waals surface area (Å²) >= 11 is 0. The molecule has 1 rings (SSSR count). The Hall–Kier alpha value is -1.20. The van der Waals surface area contributed by atoms with Crippen LogP contribution in [0.1, 0.15) is 11.7 Å². The molecule has 1 aromatic rings. The lowest BCUT2D eigenvalue weighted by Gasteiger charge is -2.11. The minimum atomic E-state index is -2.51. The summed E-state index contributed by atoms with van der Waals surface area (Å²) in [5, 5.41) is 9.59. The van der Waals surface area contributed by atoms with Gasteiger partial charge in [-0.2, -0.15) is 0 Å². The fourth-order valence-electron chi connectivity index (χ4n) is 1.19. The Morgan fingerprint density at radius 2 is 1.81 bits per heavy atom. The molecule has 0 aliphatic heterocycles. The summed E-state index contributed by atoms with van der Waals surface area (Å²) < 4.78 is 33.1. The van der Waals surface area contributed by atoms with Crippen molar-refractivity contribution in [3.8, 4) is 5.75 Å². The fraction of sp³-hybridized carbons (Fsp3) is 0.455. The maximum absolute atomic E-state index is 11.8. The SMILES string of the molecule is COc1ccc(C(O)COCC(F)F)cc1. The Bertz CT molecular complexity index is 301. The molecule has 1 atom stereocenters. The number of alkyl halides is 2. The highest BCUT2D eigenvalue weighted by Crippen LogP contribution is 2.17. The van der Waals surface area contributed by atoms with Crippen LogP contribution in [0.5, 0.6) is 5.75 Å². The van der Waals surface area contributed by atoms with Crippen molar-refractivity contribution in [3.63, 3.8) is 0 Å². The van der Waals surface area contributed by atoms with Crippen molar-refractivity contribution in [1.82, 2.24) is 0 Å². The second kappa shape index (κ2) is 6.40. The zero-order valence-electron chi connectivity index (χ0n) is 8.90.